The SMILES string of the molecule is CC(C)Cc1cnc(N2CCCC(C#N)C2)nc1. The van der Waals surface area contributed by atoms with Crippen LogP contribution in [-0.2, 0) is 6.42 Å². The first-order valence-electron chi connectivity index (χ1n) is 6.64. The smallest absolute Gasteiger partial charge is 0.225 e. The van der Waals surface area contributed by atoms with E-state index in [9.17, 15) is 0 Å². The molecule has 4 nitrogen and oxygen atoms in total. The molecule has 1 aromatic rings. The molecule has 0 aliphatic carbocycles. The number of nitriles is 1. The molecule has 0 saturated carbocycles. The van der Waals surface area contributed by atoms with Crippen LogP contribution >= 0.6 is 0 Å². The van der Waals surface area contributed by atoms with Crippen LogP contribution in [0.2, 0.25) is 0 Å². The van der Waals surface area contributed by atoms with Crippen molar-refractivity contribution in [1.29, 1.82) is 5.26 Å². The summed E-state index contributed by atoms with van der Waals surface area (Å²) in [5, 5.41) is 8.98. The lowest BCUT2D eigenvalue weighted by Gasteiger charge is -2.29. The molecule has 1 saturated heterocycles. The van der Waals surface area contributed by atoms with Gasteiger partial charge in [-0.05, 0) is 30.7 Å². The van der Waals surface area contributed by atoms with Crippen LogP contribution < -0.4 is 4.90 Å². The van der Waals surface area contributed by atoms with Crippen molar-refractivity contribution in [3.63, 3.8) is 0 Å². The number of hydrogen-bond donors (Lipinski definition) is 0. The number of anilines is 1. The Kier molecular flexibility index (Phi) is 4.14. The van der Waals surface area contributed by atoms with Crippen molar-refractivity contribution in [1.82, 2.24) is 9.97 Å². The van der Waals surface area contributed by atoms with Crippen molar-refractivity contribution in [3.8, 4) is 6.07 Å². The summed E-state index contributed by atoms with van der Waals surface area (Å²) in [6.45, 7) is 6.11. The van der Waals surface area contributed by atoms with E-state index in [0.717, 1.165) is 38.3 Å². The van der Waals surface area contributed by atoms with Gasteiger partial charge in [-0.2, -0.15) is 5.26 Å². The minimum atomic E-state index is 0.123. The first-order valence-corrected chi connectivity index (χ1v) is 6.64. The summed E-state index contributed by atoms with van der Waals surface area (Å²) in [7, 11) is 0. The maximum Gasteiger partial charge on any atom is 0.225 e. The van der Waals surface area contributed by atoms with Crippen molar-refractivity contribution in [3.05, 3.63) is 18.0 Å². The quantitative estimate of drug-likeness (QED) is 0.819. The number of piperidine rings is 1. The van der Waals surface area contributed by atoms with E-state index >= 15 is 0 Å². The van der Waals surface area contributed by atoms with Crippen LogP contribution in [0.4, 0.5) is 5.95 Å². The van der Waals surface area contributed by atoms with Gasteiger partial charge in [0.25, 0.3) is 0 Å². The predicted molar refractivity (Wildman–Crippen MR) is 71.1 cm³/mol. The van der Waals surface area contributed by atoms with Gasteiger partial charge >= 0.3 is 0 Å². The maximum atomic E-state index is 8.98. The normalized spacial score (nSPS) is 19.9. The van der Waals surface area contributed by atoms with E-state index < -0.39 is 0 Å². The van der Waals surface area contributed by atoms with E-state index in [0.29, 0.717) is 5.92 Å². The zero-order chi connectivity index (χ0) is 13.0. The van der Waals surface area contributed by atoms with Crippen molar-refractivity contribution < 1.29 is 0 Å². The molecule has 1 aliphatic rings. The van der Waals surface area contributed by atoms with Gasteiger partial charge in [0.1, 0.15) is 0 Å². The van der Waals surface area contributed by atoms with Crippen molar-refractivity contribution in [2.24, 2.45) is 11.8 Å². The van der Waals surface area contributed by atoms with Crippen molar-refractivity contribution >= 4 is 5.95 Å². The van der Waals surface area contributed by atoms with Crippen LogP contribution in [0, 0.1) is 23.2 Å². The topological polar surface area (TPSA) is 52.8 Å². The molecule has 0 radical (unpaired) electrons. The fourth-order valence-corrected chi connectivity index (χ4v) is 2.35. The molecule has 1 aromatic heterocycles. The van der Waals surface area contributed by atoms with Crippen molar-refractivity contribution in [2.75, 3.05) is 18.0 Å². The van der Waals surface area contributed by atoms with Gasteiger partial charge in [-0.3, -0.25) is 0 Å². The van der Waals surface area contributed by atoms with Crippen LogP contribution in [0.1, 0.15) is 32.3 Å². The lowest BCUT2D eigenvalue weighted by molar-refractivity contribution is 0.487. The lowest BCUT2D eigenvalue weighted by atomic mass is 10.0. The highest BCUT2D eigenvalue weighted by molar-refractivity contribution is 5.31. The number of aromatic nitrogens is 2. The van der Waals surface area contributed by atoms with Gasteiger partial charge in [0.2, 0.25) is 5.95 Å². The molecular formula is C14H20N4. The first kappa shape index (κ1) is 12.8. The van der Waals surface area contributed by atoms with Crippen LogP contribution in [0.3, 0.4) is 0 Å². The highest BCUT2D eigenvalue weighted by atomic mass is 15.2. The minimum Gasteiger partial charge on any atom is -0.340 e. The molecule has 1 fully saturated rings. The first-order chi connectivity index (χ1) is 8.69. The van der Waals surface area contributed by atoms with E-state index in [4.69, 9.17) is 5.26 Å². The summed E-state index contributed by atoms with van der Waals surface area (Å²) < 4.78 is 0. The average molecular weight is 244 g/mol. The summed E-state index contributed by atoms with van der Waals surface area (Å²) in [5.74, 6) is 1.51. The molecule has 0 N–H and O–H groups in total. The Morgan fingerprint density at radius 2 is 2.17 bits per heavy atom. The van der Waals surface area contributed by atoms with Gasteiger partial charge < -0.3 is 4.90 Å². The molecule has 0 spiro atoms. The predicted octanol–water partition coefficient (Wildman–Crippen LogP) is 2.42. The number of rotatable bonds is 3. The molecule has 96 valence electrons. The van der Waals surface area contributed by atoms with E-state index in [1.165, 1.54) is 5.56 Å². The number of hydrogen-bond acceptors (Lipinski definition) is 4. The molecule has 0 bridgehead atoms. The second-order valence-electron chi connectivity index (χ2n) is 5.40. The zero-order valence-electron chi connectivity index (χ0n) is 11.1. The Morgan fingerprint density at radius 1 is 1.44 bits per heavy atom. The summed E-state index contributed by atoms with van der Waals surface area (Å²) >= 11 is 0. The summed E-state index contributed by atoms with van der Waals surface area (Å²) in [6.07, 6.45) is 6.89. The van der Waals surface area contributed by atoms with Crippen molar-refractivity contribution in [2.45, 2.75) is 33.1 Å². The van der Waals surface area contributed by atoms with Gasteiger partial charge in [-0.25, -0.2) is 9.97 Å². The molecule has 1 atom stereocenters. The molecule has 2 heterocycles. The summed E-state index contributed by atoms with van der Waals surface area (Å²) in [5.41, 5.74) is 1.18. The Labute approximate surface area is 109 Å². The Bertz CT molecular complexity index is 418. The average Bonchev–Trinajstić information content (AvgIpc) is 2.39. The largest absolute Gasteiger partial charge is 0.340 e. The second-order valence-corrected chi connectivity index (χ2v) is 5.40. The summed E-state index contributed by atoms with van der Waals surface area (Å²) in [4.78, 5) is 11.0. The lowest BCUT2D eigenvalue weighted by Crippen LogP contribution is -2.36. The molecule has 4 heteroatoms. The maximum absolute atomic E-state index is 8.98. The van der Waals surface area contributed by atoms with Gasteiger partial charge in [0.05, 0.1) is 12.0 Å². The van der Waals surface area contributed by atoms with Gasteiger partial charge in [0, 0.05) is 25.5 Å². The number of nitrogens with zero attached hydrogens (tertiary/aromatic N) is 4. The third kappa shape index (κ3) is 3.19. The van der Waals surface area contributed by atoms with E-state index in [1.54, 1.807) is 0 Å². The Morgan fingerprint density at radius 3 is 2.78 bits per heavy atom. The molecule has 1 aliphatic heterocycles. The molecule has 0 aromatic carbocycles. The summed E-state index contributed by atoms with van der Waals surface area (Å²) in [6, 6.07) is 2.34. The van der Waals surface area contributed by atoms with E-state index in [2.05, 4.69) is 34.8 Å². The third-order valence-electron chi connectivity index (χ3n) is 3.22. The highest BCUT2D eigenvalue weighted by Gasteiger charge is 2.21. The van der Waals surface area contributed by atoms with Crippen LogP contribution in [0.5, 0.6) is 0 Å². The second kappa shape index (κ2) is 5.81. The fourth-order valence-electron chi connectivity index (χ4n) is 2.35. The zero-order valence-corrected chi connectivity index (χ0v) is 11.1. The van der Waals surface area contributed by atoms with E-state index in [1.807, 2.05) is 12.4 Å². The Balaban J connectivity index is 2.03. The van der Waals surface area contributed by atoms with Gasteiger partial charge in [0.15, 0.2) is 0 Å². The van der Waals surface area contributed by atoms with Crippen LogP contribution in [0.15, 0.2) is 12.4 Å². The molecular weight excluding hydrogens is 224 g/mol. The monoisotopic (exact) mass is 244 g/mol. The fraction of sp³-hybridized carbons (Fsp3) is 0.643. The Hall–Kier alpha value is -1.63. The van der Waals surface area contributed by atoms with E-state index in [-0.39, 0.29) is 5.92 Å². The third-order valence-corrected chi connectivity index (χ3v) is 3.22. The van der Waals surface area contributed by atoms with Crippen LogP contribution in [0.25, 0.3) is 0 Å². The van der Waals surface area contributed by atoms with Gasteiger partial charge in [-0.15, -0.1) is 0 Å². The molecule has 0 amide bonds. The molecule has 2 rings (SSSR count). The minimum absolute atomic E-state index is 0.123. The van der Waals surface area contributed by atoms with Crippen LogP contribution in [-0.4, -0.2) is 23.1 Å². The standard InChI is InChI=1S/C14H20N4/c1-11(2)6-13-8-16-14(17-9-13)18-5-3-4-12(7-15)10-18/h8-9,11-12H,3-6,10H2,1-2H3. The molecule has 1 unspecified atom stereocenters. The van der Waals surface area contributed by atoms with Gasteiger partial charge in [-0.1, -0.05) is 13.8 Å². The highest BCUT2D eigenvalue weighted by Crippen LogP contribution is 2.19. The molecule has 18 heavy (non-hydrogen) atoms.